The number of likely N-dealkylation sites (tertiary alicyclic amines) is 2. The number of hydrogen-bond donors (Lipinski definition) is 1. The number of anilines is 1. The standard InChI is InChI=1S/C26H30N4O4/c1-20-18-22(28-34-20)27-23(31)8-5-9-24(32)30-17-14-26(19-30)12-15-29(16-13-26)25(33)11-10-21-6-3-2-4-7-21/h2-4,6-7,18H,5,8-9,12-17,19H2,1H3,(H,27,28,31). The first-order valence-electron chi connectivity index (χ1n) is 11.8. The molecule has 2 aliphatic heterocycles. The molecule has 0 aliphatic carbocycles. The van der Waals surface area contributed by atoms with Crippen molar-refractivity contribution in [1.29, 1.82) is 0 Å². The van der Waals surface area contributed by atoms with Crippen molar-refractivity contribution < 1.29 is 18.9 Å². The molecule has 2 fully saturated rings. The van der Waals surface area contributed by atoms with Crippen molar-refractivity contribution >= 4 is 23.5 Å². The van der Waals surface area contributed by atoms with Crippen molar-refractivity contribution in [3.63, 3.8) is 0 Å². The first-order valence-corrected chi connectivity index (χ1v) is 11.8. The zero-order chi connectivity index (χ0) is 24.0. The number of benzene rings is 1. The summed E-state index contributed by atoms with van der Waals surface area (Å²) in [7, 11) is 0. The first kappa shape index (κ1) is 23.6. The second-order valence-electron chi connectivity index (χ2n) is 9.20. The molecule has 178 valence electrons. The average molecular weight is 463 g/mol. The predicted molar refractivity (Wildman–Crippen MR) is 126 cm³/mol. The predicted octanol–water partition coefficient (Wildman–Crippen LogP) is 2.98. The second-order valence-corrected chi connectivity index (χ2v) is 9.20. The van der Waals surface area contributed by atoms with Crippen molar-refractivity contribution in [3.05, 3.63) is 47.7 Å². The molecule has 4 rings (SSSR count). The van der Waals surface area contributed by atoms with Crippen LogP contribution in [0.3, 0.4) is 0 Å². The summed E-state index contributed by atoms with van der Waals surface area (Å²) in [5.74, 6) is 6.49. The Hall–Kier alpha value is -3.60. The normalized spacial score (nSPS) is 16.7. The van der Waals surface area contributed by atoms with E-state index in [-0.39, 0.29) is 29.6 Å². The van der Waals surface area contributed by atoms with E-state index in [0.29, 0.717) is 37.5 Å². The van der Waals surface area contributed by atoms with Gasteiger partial charge in [-0.15, -0.1) is 0 Å². The third-order valence-corrected chi connectivity index (χ3v) is 6.68. The fourth-order valence-corrected chi connectivity index (χ4v) is 4.66. The van der Waals surface area contributed by atoms with Crippen LogP contribution in [0.2, 0.25) is 0 Å². The van der Waals surface area contributed by atoms with Crippen LogP contribution in [0.15, 0.2) is 40.9 Å². The fraction of sp³-hybridized carbons (Fsp3) is 0.462. The zero-order valence-corrected chi connectivity index (χ0v) is 19.5. The lowest BCUT2D eigenvalue weighted by atomic mass is 9.78. The molecule has 3 amide bonds. The molecule has 8 heteroatoms. The Balaban J connectivity index is 1.18. The maximum atomic E-state index is 12.7. The molecule has 8 nitrogen and oxygen atoms in total. The lowest BCUT2D eigenvalue weighted by Gasteiger charge is -2.38. The highest BCUT2D eigenvalue weighted by atomic mass is 16.5. The minimum Gasteiger partial charge on any atom is -0.360 e. The van der Waals surface area contributed by atoms with Gasteiger partial charge in [0.05, 0.1) is 0 Å². The lowest BCUT2D eigenvalue weighted by molar-refractivity contribution is -0.132. The van der Waals surface area contributed by atoms with Crippen LogP contribution >= 0.6 is 0 Å². The van der Waals surface area contributed by atoms with Gasteiger partial charge in [-0.3, -0.25) is 14.4 Å². The van der Waals surface area contributed by atoms with Crippen molar-refractivity contribution in [2.75, 3.05) is 31.5 Å². The number of aromatic nitrogens is 1. The Morgan fingerprint density at radius 1 is 1.06 bits per heavy atom. The van der Waals surface area contributed by atoms with Crippen molar-refractivity contribution in [2.24, 2.45) is 5.41 Å². The summed E-state index contributed by atoms with van der Waals surface area (Å²) in [5, 5.41) is 6.41. The molecule has 1 aromatic carbocycles. The molecule has 34 heavy (non-hydrogen) atoms. The Morgan fingerprint density at radius 3 is 2.44 bits per heavy atom. The molecular formula is C26H30N4O4. The molecular weight excluding hydrogens is 432 g/mol. The van der Waals surface area contributed by atoms with E-state index in [0.717, 1.165) is 37.9 Å². The SMILES string of the molecule is Cc1cc(NC(=O)CCCC(=O)N2CCC3(CCN(C(=O)C#Cc4ccccc4)CC3)C2)no1. The monoisotopic (exact) mass is 462 g/mol. The molecule has 1 spiro atoms. The van der Waals surface area contributed by atoms with E-state index < -0.39 is 0 Å². The molecule has 3 heterocycles. The van der Waals surface area contributed by atoms with Crippen LogP contribution in [0.4, 0.5) is 5.82 Å². The minimum absolute atomic E-state index is 0.0848. The average Bonchev–Trinajstić information content (AvgIpc) is 3.44. The number of piperidine rings is 1. The Kier molecular flexibility index (Phi) is 7.31. The first-order chi connectivity index (χ1) is 16.4. The van der Waals surface area contributed by atoms with E-state index in [1.54, 1.807) is 13.0 Å². The summed E-state index contributed by atoms with van der Waals surface area (Å²) in [5.41, 5.74) is 0.918. The Morgan fingerprint density at radius 2 is 1.76 bits per heavy atom. The van der Waals surface area contributed by atoms with Crippen LogP contribution in [0, 0.1) is 24.2 Å². The van der Waals surface area contributed by atoms with E-state index in [2.05, 4.69) is 22.3 Å². The number of rotatable bonds is 5. The van der Waals surface area contributed by atoms with Crippen LogP contribution in [-0.4, -0.2) is 58.9 Å². The molecule has 0 saturated carbocycles. The number of amides is 3. The minimum atomic E-state index is -0.175. The van der Waals surface area contributed by atoms with Crippen LogP contribution in [-0.2, 0) is 14.4 Å². The van der Waals surface area contributed by atoms with Crippen LogP contribution in [0.25, 0.3) is 0 Å². The number of hydrogen-bond acceptors (Lipinski definition) is 5. The third kappa shape index (κ3) is 6.04. The van der Waals surface area contributed by atoms with Crippen molar-refractivity contribution in [3.8, 4) is 11.8 Å². The smallest absolute Gasteiger partial charge is 0.298 e. The van der Waals surface area contributed by atoms with Crippen LogP contribution in [0.5, 0.6) is 0 Å². The van der Waals surface area contributed by atoms with Gasteiger partial charge in [0.1, 0.15) is 5.76 Å². The molecule has 0 radical (unpaired) electrons. The Labute approximate surface area is 199 Å². The van der Waals surface area contributed by atoms with Gasteiger partial charge in [0.15, 0.2) is 5.82 Å². The highest BCUT2D eigenvalue weighted by Crippen LogP contribution is 2.40. The molecule has 2 aliphatic rings. The summed E-state index contributed by atoms with van der Waals surface area (Å²) in [6, 6.07) is 11.2. The van der Waals surface area contributed by atoms with E-state index in [4.69, 9.17) is 4.52 Å². The number of aryl methyl sites for hydroxylation is 1. The quantitative estimate of drug-likeness (QED) is 0.690. The van der Waals surface area contributed by atoms with Gasteiger partial charge in [-0.05, 0) is 50.2 Å². The second kappa shape index (κ2) is 10.6. The topological polar surface area (TPSA) is 95.8 Å². The fourth-order valence-electron chi connectivity index (χ4n) is 4.66. The van der Waals surface area contributed by atoms with Gasteiger partial charge < -0.3 is 19.6 Å². The highest BCUT2D eigenvalue weighted by molar-refractivity contribution is 5.94. The van der Waals surface area contributed by atoms with Crippen LogP contribution in [0.1, 0.15) is 49.8 Å². The van der Waals surface area contributed by atoms with Gasteiger partial charge in [-0.2, -0.15) is 0 Å². The van der Waals surface area contributed by atoms with Gasteiger partial charge in [0, 0.05) is 56.6 Å². The number of carbonyl (C=O) groups excluding carboxylic acids is 3. The molecule has 0 atom stereocenters. The summed E-state index contributed by atoms with van der Waals surface area (Å²) in [4.78, 5) is 40.9. The summed E-state index contributed by atoms with van der Waals surface area (Å²) in [6.07, 6.45) is 3.83. The molecule has 2 saturated heterocycles. The van der Waals surface area contributed by atoms with Crippen molar-refractivity contribution in [2.45, 2.75) is 45.4 Å². The maximum Gasteiger partial charge on any atom is 0.298 e. The van der Waals surface area contributed by atoms with Crippen LogP contribution < -0.4 is 5.32 Å². The lowest BCUT2D eigenvalue weighted by Crippen LogP contribution is -2.44. The van der Waals surface area contributed by atoms with E-state index in [1.165, 1.54) is 0 Å². The summed E-state index contributed by atoms with van der Waals surface area (Å²) < 4.78 is 4.93. The van der Waals surface area contributed by atoms with Gasteiger partial charge in [0.25, 0.3) is 5.91 Å². The van der Waals surface area contributed by atoms with Gasteiger partial charge >= 0.3 is 0 Å². The molecule has 1 N–H and O–H groups in total. The van der Waals surface area contributed by atoms with Gasteiger partial charge in [-0.1, -0.05) is 29.3 Å². The van der Waals surface area contributed by atoms with Crippen molar-refractivity contribution in [1.82, 2.24) is 15.0 Å². The molecule has 2 aromatic rings. The number of carbonyl (C=O) groups is 3. The summed E-state index contributed by atoms with van der Waals surface area (Å²) in [6.45, 7) is 4.57. The van der Waals surface area contributed by atoms with E-state index in [9.17, 15) is 14.4 Å². The molecule has 1 aromatic heterocycles. The highest BCUT2D eigenvalue weighted by Gasteiger charge is 2.42. The van der Waals surface area contributed by atoms with Gasteiger partial charge in [0.2, 0.25) is 11.8 Å². The maximum absolute atomic E-state index is 12.7. The third-order valence-electron chi connectivity index (χ3n) is 6.68. The molecule has 0 unspecified atom stereocenters. The van der Waals surface area contributed by atoms with Gasteiger partial charge in [-0.25, -0.2) is 0 Å². The number of nitrogens with one attached hydrogen (secondary N) is 1. The largest absolute Gasteiger partial charge is 0.360 e. The van der Waals surface area contributed by atoms with E-state index in [1.807, 2.05) is 40.1 Å². The Bertz CT molecular complexity index is 1090. The molecule has 0 bridgehead atoms. The zero-order valence-electron chi connectivity index (χ0n) is 19.5. The van der Waals surface area contributed by atoms with E-state index >= 15 is 0 Å². The number of nitrogens with zero attached hydrogens (tertiary/aromatic N) is 3. The summed E-state index contributed by atoms with van der Waals surface area (Å²) >= 11 is 0.